The molecule has 100 valence electrons. The third kappa shape index (κ3) is 4.18. The van der Waals surface area contributed by atoms with Crippen molar-refractivity contribution in [2.24, 2.45) is 0 Å². The van der Waals surface area contributed by atoms with Crippen molar-refractivity contribution in [3.8, 4) is 0 Å². The van der Waals surface area contributed by atoms with Gasteiger partial charge in [-0.05, 0) is 34.1 Å². The number of benzene rings is 1. The van der Waals surface area contributed by atoms with E-state index in [2.05, 4.69) is 15.9 Å². The molecule has 0 aliphatic carbocycles. The number of thioether (sulfide) groups is 1. The molecule has 1 aromatic rings. The molecule has 0 amide bonds. The van der Waals surface area contributed by atoms with Gasteiger partial charge >= 0.3 is 12.1 Å². The summed E-state index contributed by atoms with van der Waals surface area (Å²) in [6.45, 7) is 0. The number of rotatable bonds is 4. The Hall–Kier alpha value is -0.730. The molecular weight excluding hydrogens is 337 g/mol. The number of halogens is 4. The number of carbonyl (C=O) groups is 1. The lowest BCUT2D eigenvalue weighted by Gasteiger charge is -2.14. The van der Waals surface area contributed by atoms with E-state index < -0.39 is 24.0 Å². The van der Waals surface area contributed by atoms with Gasteiger partial charge in [-0.25, -0.2) is 4.79 Å². The van der Waals surface area contributed by atoms with Gasteiger partial charge in [-0.15, -0.1) is 11.8 Å². The Morgan fingerprint density at radius 3 is 2.56 bits per heavy atom. The van der Waals surface area contributed by atoms with Gasteiger partial charge in [0, 0.05) is 15.1 Å². The first-order valence-corrected chi connectivity index (χ1v) is 6.40. The summed E-state index contributed by atoms with van der Waals surface area (Å²) in [5.41, 5.74) is -0.0403. The minimum atomic E-state index is -4.67. The molecular formula is C10H8BrF3O3S. The van der Waals surface area contributed by atoms with Crippen LogP contribution < -0.4 is 0 Å². The Bertz CT molecular complexity index is 450. The summed E-state index contributed by atoms with van der Waals surface area (Å²) in [7, 11) is 0. The molecule has 0 aliphatic rings. The van der Waals surface area contributed by atoms with E-state index in [1.54, 1.807) is 0 Å². The molecule has 18 heavy (non-hydrogen) atoms. The van der Waals surface area contributed by atoms with Crippen molar-refractivity contribution in [3.63, 3.8) is 0 Å². The van der Waals surface area contributed by atoms with Gasteiger partial charge in [0.15, 0.2) is 6.10 Å². The molecule has 1 rings (SSSR count). The van der Waals surface area contributed by atoms with Gasteiger partial charge in [-0.3, -0.25) is 0 Å². The van der Waals surface area contributed by atoms with E-state index in [0.29, 0.717) is 9.37 Å². The van der Waals surface area contributed by atoms with E-state index in [1.165, 1.54) is 18.2 Å². The Labute approximate surface area is 113 Å². The van der Waals surface area contributed by atoms with Crippen LogP contribution in [0.2, 0.25) is 0 Å². The van der Waals surface area contributed by atoms with Crippen LogP contribution in [0.5, 0.6) is 0 Å². The molecule has 0 saturated heterocycles. The second kappa shape index (κ2) is 5.94. The van der Waals surface area contributed by atoms with Crippen LogP contribution >= 0.6 is 27.7 Å². The highest BCUT2D eigenvalue weighted by Crippen LogP contribution is 2.29. The van der Waals surface area contributed by atoms with Crippen LogP contribution in [0.15, 0.2) is 27.6 Å². The highest BCUT2D eigenvalue weighted by molar-refractivity contribution is 9.10. The predicted octanol–water partition coefficient (Wildman–Crippen LogP) is 3.16. The average molecular weight is 345 g/mol. The van der Waals surface area contributed by atoms with E-state index in [4.69, 9.17) is 10.2 Å². The maximum Gasteiger partial charge on any atom is 0.415 e. The zero-order chi connectivity index (χ0) is 13.9. The van der Waals surface area contributed by atoms with Crippen molar-refractivity contribution in [2.75, 3.05) is 5.75 Å². The molecule has 3 nitrogen and oxygen atoms in total. The zero-order valence-corrected chi connectivity index (χ0v) is 11.1. The summed E-state index contributed by atoms with van der Waals surface area (Å²) in [6, 6.07) is 4.16. The van der Waals surface area contributed by atoms with Gasteiger partial charge in [0.25, 0.3) is 0 Å². The molecule has 0 fully saturated rings. The summed E-state index contributed by atoms with van der Waals surface area (Å²) in [6.07, 6.45) is -7.10. The number of carboxylic acid groups (broad SMARTS) is 1. The van der Waals surface area contributed by atoms with Crippen molar-refractivity contribution in [1.82, 2.24) is 0 Å². The van der Waals surface area contributed by atoms with Crippen molar-refractivity contribution < 1.29 is 28.2 Å². The largest absolute Gasteiger partial charge is 0.478 e. The van der Waals surface area contributed by atoms with Crippen molar-refractivity contribution in [3.05, 3.63) is 28.2 Å². The van der Waals surface area contributed by atoms with Crippen LogP contribution in [-0.2, 0) is 0 Å². The number of aliphatic hydroxyl groups is 1. The van der Waals surface area contributed by atoms with E-state index in [9.17, 15) is 18.0 Å². The maximum atomic E-state index is 12.1. The monoisotopic (exact) mass is 344 g/mol. The van der Waals surface area contributed by atoms with Gasteiger partial charge in [0.1, 0.15) is 0 Å². The number of alkyl halides is 3. The molecule has 0 aromatic heterocycles. The third-order valence-electron chi connectivity index (χ3n) is 1.95. The molecule has 0 heterocycles. The summed E-state index contributed by atoms with van der Waals surface area (Å²) < 4.78 is 36.5. The van der Waals surface area contributed by atoms with Gasteiger partial charge in [-0.2, -0.15) is 13.2 Å². The first-order chi connectivity index (χ1) is 8.21. The molecule has 0 bridgehead atoms. The lowest BCUT2D eigenvalue weighted by atomic mass is 10.2. The van der Waals surface area contributed by atoms with Gasteiger partial charge in [0.2, 0.25) is 0 Å². The summed E-state index contributed by atoms with van der Waals surface area (Å²) in [5, 5.41) is 17.6. The Balaban J connectivity index is 2.75. The normalized spacial score (nSPS) is 13.4. The van der Waals surface area contributed by atoms with E-state index in [-0.39, 0.29) is 5.56 Å². The number of carboxylic acids is 1. The molecule has 0 saturated carbocycles. The Morgan fingerprint density at radius 2 is 2.06 bits per heavy atom. The van der Waals surface area contributed by atoms with Crippen molar-refractivity contribution in [1.29, 1.82) is 0 Å². The summed E-state index contributed by atoms with van der Waals surface area (Å²) in [4.78, 5) is 11.1. The first kappa shape index (κ1) is 15.3. The Morgan fingerprint density at radius 1 is 1.44 bits per heavy atom. The van der Waals surface area contributed by atoms with Crippen LogP contribution in [0.25, 0.3) is 0 Å². The van der Waals surface area contributed by atoms with E-state index >= 15 is 0 Å². The minimum absolute atomic E-state index is 0.0403. The van der Waals surface area contributed by atoms with Crippen molar-refractivity contribution >= 4 is 33.7 Å². The fraction of sp³-hybridized carbons (Fsp3) is 0.300. The lowest BCUT2D eigenvalue weighted by molar-refractivity contribution is -0.195. The number of hydrogen-bond acceptors (Lipinski definition) is 3. The topological polar surface area (TPSA) is 57.5 Å². The standard InChI is InChI=1S/C10H8BrF3O3S/c11-7-2-1-5(3-6(7)9(16)17)18-4-8(15)10(12,13)14/h1-3,8,15H,4H2,(H,16,17). The van der Waals surface area contributed by atoms with Gasteiger partial charge < -0.3 is 10.2 Å². The maximum absolute atomic E-state index is 12.1. The van der Waals surface area contributed by atoms with Gasteiger partial charge in [0.05, 0.1) is 5.56 Å². The second-order valence-corrected chi connectivity index (χ2v) is 5.26. The number of aromatic carboxylic acids is 1. The molecule has 8 heteroatoms. The molecule has 1 unspecified atom stereocenters. The highest BCUT2D eigenvalue weighted by Gasteiger charge is 2.37. The Kier molecular flexibility index (Phi) is 5.06. The smallest absolute Gasteiger partial charge is 0.415 e. The summed E-state index contributed by atoms with van der Waals surface area (Å²) >= 11 is 3.76. The molecule has 1 aromatic carbocycles. The van der Waals surface area contributed by atoms with E-state index in [1.807, 2.05) is 0 Å². The fourth-order valence-electron chi connectivity index (χ4n) is 1.03. The predicted molar refractivity (Wildman–Crippen MR) is 63.9 cm³/mol. The van der Waals surface area contributed by atoms with Crippen molar-refractivity contribution in [2.45, 2.75) is 17.2 Å². The first-order valence-electron chi connectivity index (χ1n) is 4.62. The highest BCUT2D eigenvalue weighted by atomic mass is 79.9. The molecule has 0 radical (unpaired) electrons. The fourth-order valence-corrected chi connectivity index (χ4v) is 2.35. The van der Waals surface area contributed by atoms with E-state index in [0.717, 1.165) is 11.8 Å². The quantitative estimate of drug-likeness (QED) is 0.823. The SMILES string of the molecule is O=C(O)c1cc(SCC(O)C(F)(F)F)ccc1Br. The van der Waals surface area contributed by atoms with Crippen LogP contribution in [0.4, 0.5) is 13.2 Å². The molecule has 0 spiro atoms. The average Bonchev–Trinajstić information content (AvgIpc) is 2.25. The minimum Gasteiger partial charge on any atom is -0.478 e. The van der Waals surface area contributed by atoms with Crippen LogP contribution in [0.1, 0.15) is 10.4 Å². The number of aliphatic hydroxyl groups excluding tert-OH is 1. The second-order valence-electron chi connectivity index (χ2n) is 3.32. The van der Waals surface area contributed by atoms with Crippen LogP contribution in [-0.4, -0.2) is 34.2 Å². The third-order valence-corrected chi connectivity index (χ3v) is 3.72. The summed E-state index contributed by atoms with van der Waals surface area (Å²) in [5.74, 6) is -1.76. The van der Waals surface area contributed by atoms with Crippen LogP contribution in [0, 0.1) is 0 Å². The molecule has 2 N–H and O–H groups in total. The molecule has 0 aliphatic heterocycles. The van der Waals surface area contributed by atoms with Crippen LogP contribution in [0.3, 0.4) is 0 Å². The molecule has 1 atom stereocenters. The van der Waals surface area contributed by atoms with Gasteiger partial charge in [-0.1, -0.05) is 0 Å². The lowest BCUT2D eigenvalue weighted by Crippen LogP contribution is -2.30. The zero-order valence-electron chi connectivity index (χ0n) is 8.74. The number of hydrogen-bond donors (Lipinski definition) is 2.